The maximum atomic E-state index is 14.1. The third-order valence-corrected chi connectivity index (χ3v) is 7.27. The van der Waals surface area contributed by atoms with Crippen LogP contribution in [0.3, 0.4) is 0 Å². The van der Waals surface area contributed by atoms with E-state index in [1.54, 1.807) is 4.68 Å². The highest BCUT2D eigenvalue weighted by molar-refractivity contribution is 5.90. The molecule has 1 fully saturated rings. The van der Waals surface area contributed by atoms with Crippen LogP contribution in [0.4, 0.5) is 19.4 Å². The van der Waals surface area contributed by atoms with Gasteiger partial charge in [0.2, 0.25) is 6.43 Å². The molecular formula is C26H29F2N5O. The van der Waals surface area contributed by atoms with Crippen LogP contribution in [0.15, 0.2) is 60.7 Å². The van der Waals surface area contributed by atoms with Crippen LogP contribution in [0.2, 0.25) is 0 Å². The Labute approximate surface area is 197 Å². The lowest BCUT2D eigenvalue weighted by Crippen LogP contribution is -2.60. The van der Waals surface area contributed by atoms with Crippen molar-refractivity contribution in [2.75, 3.05) is 18.4 Å². The van der Waals surface area contributed by atoms with Gasteiger partial charge in [-0.15, -0.1) is 0 Å². The SMILES string of the molecule is CC(C(F)F)[C@]1(NC(=O)Nc2c3c(nn2-c2ccccc2)CCC3)CNC[C@@H]1c1ccccc1. The van der Waals surface area contributed by atoms with Crippen molar-refractivity contribution in [3.8, 4) is 5.69 Å². The largest absolute Gasteiger partial charge is 0.330 e. The average Bonchev–Trinajstić information content (AvgIpc) is 3.56. The zero-order valence-electron chi connectivity index (χ0n) is 19.1. The molecule has 3 N–H and O–H groups in total. The van der Waals surface area contributed by atoms with E-state index in [2.05, 4.69) is 16.0 Å². The van der Waals surface area contributed by atoms with Gasteiger partial charge in [-0.1, -0.05) is 55.5 Å². The van der Waals surface area contributed by atoms with Crippen LogP contribution in [0.25, 0.3) is 5.69 Å². The zero-order chi connectivity index (χ0) is 23.7. The first-order chi connectivity index (χ1) is 16.5. The molecule has 178 valence electrons. The maximum absolute atomic E-state index is 14.1. The van der Waals surface area contributed by atoms with Crippen molar-refractivity contribution in [3.05, 3.63) is 77.5 Å². The topological polar surface area (TPSA) is 71.0 Å². The fraction of sp³-hybridized carbons (Fsp3) is 0.385. The molecule has 2 aromatic carbocycles. The van der Waals surface area contributed by atoms with E-state index in [1.807, 2.05) is 60.7 Å². The second kappa shape index (κ2) is 9.18. The average molecular weight is 466 g/mol. The fourth-order valence-corrected chi connectivity index (χ4v) is 5.40. The van der Waals surface area contributed by atoms with Gasteiger partial charge in [0.15, 0.2) is 0 Å². The van der Waals surface area contributed by atoms with E-state index in [4.69, 9.17) is 5.10 Å². The summed E-state index contributed by atoms with van der Waals surface area (Å²) < 4.78 is 29.9. The van der Waals surface area contributed by atoms with E-state index in [9.17, 15) is 13.6 Å². The van der Waals surface area contributed by atoms with Crippen molar-refractivity contribution < 1.29 is 13.6 Å². The third-order valence-electron chi connectivity index (χ3n) is 7.27. The van der Waals surface area contributed by atoms with Gasteiger partial charge < -0.3 is 10.6 Å². The number of hydrogen-bond donors (Lipinski definition) is 3. The van der Waals surface area contributed by atoms with Gasteiger partial charge in [0.25, 0.3) is 0 Å². The van der Waals surface area contributed by atoms with Gasteiger partial charge in [0.1, 0.15) is 5.82 Å². The molecule has 1 unspecified atom stereocenters. The summed E-state index contributed by atoms with van der Waals surface area (Å²) in [6, 6.07) is 18.7. The summed E-state index contributed by atoms with van der Waals surface area (Å²) in [6.07, 6.45) is 0.0868. The minimum Gasteiger partial charge on any atom is -0.330 e. The van der Waals surface area contributed by atoms with Crippen LogP contribution >= 0.6 is 0 Å². The molecule has 0 bridgehead atoms. The molecule has 2 heterocycles. The molecule has 3 atom stereocenters. The number of para-hydroxylation sites is 1. The van der Waals surface area contributed by atoms with Crippen molar-refractivity contribution in [1.29, 1.82) is 0 Å². The third kappa shape index (κ3) is 3.96. The number of carbonyl (C=O) groups excluding carboxylic acids is 1. The number of rotatable bonds is 6. The lowest BCUT2D eigenvalue weighted by Gasteiger charge is -2.40. The Balaban J connectivity index is 1.47. The second-order valence-corrected chi connectivity index (χ2v) is 9.21. The number of fused-ring (bicyclic) bond motifs is 1. The normalized spacial score (nSPS) is 22.5. The lowest BCUT2D eigenvalue weighted by molar-refractivity contribution is 0.0318. The second-order valence-electron chi connectivity index (χ2n) is 9.21. The molecule has 1 saturated heterocycles. The number of amides is 2. The number of halogens is 2. The molecule has 1 aliphatic carbocycles. The van der Waals surface area contributed by atoms with E-state index < -0.39 is 23.9 Å². The molecule has 1 aromatic heterocycles. The summed E-state index contributed by atoms with van der Waals surface area (Å²) in [7, 11) is 0. The van der Waals surface area contributed by atoms with Crippen LogP contribution < -0.4 is 16.0 Å². The van der Waals surface area contributed by atoms with Gasteiger partial charge in [-0.05, 0) is 37.0 Å². The van der Waals surface area contributed by atoms with Crippen molar-refractivity contribution in [2.24, 2.45) is 5.92 Å². The van der Waals surface area contributed by atoms with Gasteiger partial charge in [0.05, 0.1) is 16.9 Å². The van der Waals surface area contributed by atoms with Crippen LogP contribution in [-0.4, -0.2) is 40.9 Å². The number of aryl methyl sites for hydroxylation is 1. The van der Waals surface area contributed by atoms with Gasteiger partial charge in [-0.2, -0.15) is 5.10 Å². The van der Waals surface area contributed by atoms with E-state index >= 15 is 0 Å². The summed E-state index contributed by atoms with van der Waals surface area (Å²) in [5.74, 6) is -0.727. The number of anilines is 1. The maximum Gasteiger partial charge on any atom is 0.320 e. The van der Waals surface area contributed by atoms with Crippen molar-refractivity contribution in [3.63, 3.8) is 0 Å². The number of carbonyl (C=O) groups is 1. The van der Waals surface area contributed by atoms with Gasteiger partial charge in [-0.3, -0.25) is 5.32 Å². The molecule has 34 heavy (non-hydrogen) atoms. The molecule has 0 spiro atoms. The number of aromatic nitrogens is 2. The molecule has 1 aliphatic heterocycles. The number of urea groups is 1. The molecular weight excluding hydrogens is 436 g/mol. The van der Waals surface area contributed by atoms with E-state index in [0.717, 1.165) is 41.8 Å². The number of alkyl halides is 2. The Morgan fingerprint density at radius 2 is 1.82 bits per heavy atom. The first-order valence-corrected chi connectivity index (χ1v) is 11.8. The molecule has 2 aliphatic rings. The first kappa shape index (κ1) is 22.5. The van der Waals surface area contributed by atoms with E-state index in [1.165, 1.54) is 6.92 Å². The minimum absolute atomic E-state index is 0.265. The van der Waals surface area contributed by atoms with E-state index in [-0.39, 0.29) is 12.5 Å². The Kier molecular flexibility index (Phi) is 6.08. The highest BCUT2D eigenvalue weighted by atomic mass is 19.3. The zero-order valence-corrected chi connectivity index (χ0v) is 19.1. The Bertz CT molecular complexity index is 1150. The molecule has 2 amide bonds. The summed E-state index contributed by atoms with van der Waals surface area (Å²) in [5, 5.41) is 14.0. The Hall–Kier alpha value is -3.26. The highest BCUT2D eigenvalue weighted by Crippen LogP contribution is 2.40. The van der Waals surface area contributed by atoms with Gasteiger partial charge >= 0.3 is 6.03 Å². The smallest absolute Gasteiger partial charge is 0.320 e. The minimum atomic E-state index is -2.58. The van der Waals surface area contributed by atoms with Crippen LogP contribution in [0.1, 0.15) is 36.1 Å². The first-order valence-electron chi connectivity index (χ1n) is 11.8. The number of benzene rings is 2. The van der Waals surface area contributed by atoms with E-state index in [0.29, 0.717) is 12.4 Å². The standard InChI is InChI=1S/C26H29F2N5O/c1-17(23(27)28)26(16-29-15-21(26)18-9-4-2-5-10-18)31-25(34)30-24-20-13-8-14-22(20)32-33(24)19-11-6-3-7-12-19/h2-7,9-12,17,21,23,29H,8,13-16H2,1H3,(H2,30,31,34)/t17?,21-,26-/m1/s1. The Morgan fingerprint density at radius 3 is 2.53 bits per heavy atom. The Morgan fingerprint density at radius 1 is 1.12 bits per heavy atom. The van der Waals surface area contributed by atoms with Crippen LogP contribution in [0.5, 0.6) is 0 Å². The molecule has 5 rings (SSSR count). The van der Waals surface area contributed by atoms with Crippen LogP contribution in [-0.2, 0) is 12.8 Å². The molecule has 0 saturated carbocycles. The number of nitrogens with one attached hydrogen (secondary N) is 3. The molecule has 3 aromatic rings. The fourth-order valence-electron chi connectivity index (χ4n) is 5.40. The predicted octanol–water partition coefficient (Wildman–Crippen LogP) is 4.51. The number of hydrogen-bond acceptors (Lipinski definition) is 3. The van der Waals surface area contributed by atoms with Crippen molar-refractivity contribution in [2.45, 2.75) is 44.1 Å². The van der Waals surface area contributed by atoms with Crippen molar-refractivity contribution in [1.82, 2.24) is 20.4 Å². The predicted molar refractivity (Wildman–Crippen MR) is 128 cm³/mol. The lowest BCUT2D eigenvalue weighted by atomic mass is 9.73. The highest BCUT2D eigenvalue weighted by Gasteiger charge is 2.51. The van der Waals surface area contributed by atoms with Crippen molar-refractivity contribution >= 4 is 11.8 Å². The monoisotopic (exact) mass is 465 g/mol. The quantitative estimate of drug-likeness (QED) is 0.502. The summed E-state index contributed by atoms with van der Waals surface area (Å²) >= 11 is 0. The summed E-state index contributed by atoms with van der Waals surface area (Å²) in [5.41, 5.74) is 2.61. The number of nitrogens with zero attached hydrogens (tertiary/aromatic N) is 2. The summed E-state index contributed by atoms with van der Waals surface area (Å²) in [6.45, 7) is 2.29. The molecule has 8 heteroatoms. The van der Waals surface area contributed by atoms with Gasteiger partial charge in [0, 0.05) is 30.5 Å². The van der Waals surface area contributed by atoms with Crippen LogP contribution in [0, 0.1) is 5.92 Å². The summed E-state index contributed by atoms with van der Waals surface area (Å²) in [4.78, 5) is 13.4. The van der Waals surface area contributed by atoms with Gasteiger partial charge in [-0.25, -0.2) is 18.3 Å². The molecule has 0 radical (unpaired) electrons. The molecule has 6 nitrogen and oxygen atoms in total.